The highest BCUT2D eigenvalue weighted by molar-refractivity contribution is 6.33. The molecule has 0 saturated heterocycles. The van der Waals surface area contributed by atoms with E-state index >= 15 is 0 Å². The van der Waals surface area contributed by atoms with E-state index in [4.69, 9.17) is 11.6 Å². The Morgan fingerprint density at radius 1 is 1.36 bits per heavy atom. The Balaban J connectivity index is 2.09. The Kier molecular flexibility index (Phi) is 3.37. The highest BCUT2D eigenvalue weighted by Crippen LogP contribution is 2.60. The molecule has 1 aromatic rings. The number of alkyl halides is 1. The molecule has 3 aliphatic rings. The van der Waals surface area contributed by atoms with E-state index in [1.54, 1.807) is 0 Å². The van der Waals surface area contributed by atoms with Crippen molar-refractivity contribution in [1.82, 2.24) is 0 Å². The van der Waals surface area contributed by atoms with E-state index in [-0.39, 0.29) is 28.7 Å². The highest BCUT2D eigenvalue weighted by Gasteiger charge is 2.56. The van der Waals surface area contributed by atoms with E-state index in [9.17, 15) is 4.79 Å². The first kappa shape index (κ1) is 16.6. The molecule has 3 nitrogen and oxygen atoms in total. The fraction of sp³-hybridized carbons (Fsp3) is 0.429. The van der Waals surface area contributed by atoms with E-state index in [1.807, 2.05) is 18.2 Å². The van der Waals surface area contributed by atoms with Crippen LogP contribution in [0.3, 0.4) is 0 Å². The second-order valence-corrected chi connectivity index (χ2v) is 8.67. The smallest absolute Gasteiger partial charge is 0.256 e. The van der Waals surface area contributed by atoms with Gasteiger partial charge in [0.25, 0.3) is 5.91 Å². The SMILES string of the molecule is C=C[C@@]1(C)[C@H](Cl)C[C@H]2C(=C3C(=O)Nc4cccc(c43)C2(C)C)[C@H]1N=C. The highest BCUT2D eigenvalue weighted by atomic mass is 35.5. The van der Waals surface area contributed by atoms with Crippen molar-refractivity contribution in [3.05, 3.63) is 47.6 Å². The number of halogens is 1. The van der Waals surface area contributed by atoms with E-state index in [0.29, 0.717) is 0 Å². The van der Waals surface area contributed by atoms with Crippen molar-refractivity contribution in [3.8, 4) is 0 Å². The largest absolute Gasteiger partial charge is 0.321 e. The quantitative estimate of drug-likeness (QED) is 0.471. The van der Waals surface area contributed by atoms with Crippen LogP contribution in [0.25, 0.3) is 5.57 Å². The molecule has 1 amide bonds. The molecule has 1 aromatic carbocycles. The van der Waals surface area contributed by atoms with E-state index in [0.717, 1.165) is 28.8 Å². The van der Waals surface area contributed by atoms with Gasteiger partial charge >= 0.3 is 0 Å². The van der Waals surface area contributed by atoms with Crippen molar-refractivity contribution < 1.29 is 4.79 Å². The van der Waals surface area contributed by atoms with Gasteiger partial charge in [0.1, 0.15) is 0 Å². The molecule has 1 saturated carbocycles. The number of amides is 1. The molecule has 0 radical (unpaired) electrons. The maximum atomic E-state index is 12.9. The topological polar surface area (TPSA) is 41.5 Å². The molecule has 0 unspecified atom stereocenters. The normalized spacial score (nSPS) is 34.9. The molecule has 0 spiro atoms. The molecular formula is C21H23ClN2O. The number of aliphatic imine (C=N–C) groups is 1. The van der Waals surface area contributed by atoms with Crippen LogP contribution >= 0.6 is 11.6 Å². The molecule has 4 heteroatoms. The van der Waals surface area contributed by atoms with Gasteiger partial charge in [0.15, 0.2) is 0 Å². The van der Waals surface area contributed by atoms with Gasteiger partial charge in [0.2, 0.25) is 0 Å². The third-order valence-corrected chi connectivity index (χ3v) is 7.29. The molecule has 1 N–H and O–H groups in total. The number of carbonyl (C=O) groups excluding carboxylic acids is 1. The van der Waals surface area contributed by atoms with Gasteiger partial charge < -0.3 is 5.32 Å². The molecule has 4 atom stereocenters. The zero-order chi connectivity index (χ0) is 18.1. The van der Waals surface area contributed by atoms with Crippen LogP contribution in [0.4, 0.5) is 5.69 Å². The third-order valence-electron chi connectivity index (χ3n) is 6.64. The van der Waals surface area contributed by atoms with Crippen molar-refractivity contribution in [2.24, 2.45) is 16.3 Å². The molecule has 1 aliphatic heterocycles. The minimum Gasteiger partial charge on any atom is -0.321 e. The molecule has 1 heterocycles. The Morgan fingerprint density at radius 2 is 2.08 bits per heavy atom. The summed E-state index contributed by atoms with van der Waals surface area (Å²) in [5.74, 6) is 0.117. The summed E-state index contributed by atoms with van der Waals surface area (Å²) in [5.41, 5.74) is 4.45. The second-order valence-electron chi connectivity index (χ2n) is 8.15. The Bertz CT molecular complexity index is 853. The third kappa shape index (κ3) is 1.88. The molecule has 2 aliphatic carbocycles. The number of fused-ring (bicyclic) bond motifs is 1. The van der Waals surface area contributed by atoms with Crippen LogP contribution in [-0.4, -0.2) is 24.0 Å². The maximum absolute atomic E-state index is 12.9. The summed E-state index contributed by atoms with van der Waals surface area (Å²) in [5, 5.41) is 2.93. The average molecular weight is 355 g/mol. The number of nitrogens with one attached hydrogen (secondary N) is 1. The Labute approximate surface area is 153 Å². The van der Waals surface area contributed by atoms with Gasteiger partial charge in [-0.15, -0.1) is 18.2 Å². The van der Waals surface area contributed by atoms with Gasteiger partial charge in [0.05, 0.1) is 11.6 Å². The molecule has 4 rings (SSSR count). The lowest BCUT2D eigenvalue weighted by Crippen LogP contribution is -2.52. The lowest BCUT2D eigenvalue weighted by atomic mass is 9.53. The summed E-state index contributed by atoms with van der Waals surface area (Å²) in [4.78, 5) is 17.3. The van der Waals surface area contributed by atoms with Crippen molar-refractivity contribution in [2.45, 2.75) is 44.0 Å². The zero-order valence-corrected chi connectivity index (χ0v) is 15.7. The molecular weight excluding hydrogens is 332 g/mol. The summed E-state index contributed by atoms with van der Waals surface area (Å²) in [6.45, 7) is 14.4. The fourth-order valence-corrected chi connectivity index (χ4v) is 5.42. The number of hydrogen-bond acceptors (Lipinski definition) is 2. The number of nitrogens with zero attached hydrogens (tertiary/aromatic N) is 1. The summed E-state index contributed by atoms with van der Waals surface area (Å²) < 4.78 is 0. The van der Waals surface area contributed by atoms with Crippen molar-refractivity contribution in [2.75, 3.05) is 5.32 Å². The van der Waals surface area contributed by atoms with E-state index in [2.05, 4.69) is 50.4 Å². The molecule has 0 aromatic heterocycles. The standard InChI is InChI=1S/C21H23ClN2O/c1-6-21(4)14(22)10-12-16(18(21)23-5)17-15-11(20(12,2)3)8-7-9-13(15)24-19(17)25/h6-9,12,14,18H,1,5,10H2,2-4H3,(H,24,25)/t12-,14+,18+,21-/m0/s1. The molecule has 25 heavy (non-hydrogen) atoms. The van der Waals surface area contributed by atoms with Gasteiger partial charge in [-0.1, -0.05) is 39.0 Å². The first-order valence-corrected chi connectivity index (χ1v) is 9.13. The lowest BCUT2D eigenvalue weighted by Gasteiger charge is -2.53. The van der Waals surface area contributed by atoms with Crippen LogP contribution in [0.15, 0.2) is 41.4 Å². The Morgan fingerprint density at radius 3 is 2.72 bits per heavy atom. The molecule has 1 fully saturated rings. The Hall–Kier alpha value is -1.87. The molecule has 130 valence electrons. The number of hydrogen-bond donors (Lipinski definition) is 1. The predicted octanol–water partition coefficient (Wildman–Crippen LogP) is 4.57. The van der Waals surface area contributed by atoms with Gasteiger partial charge in [-0.05, 0) is 41.7 Å². The van der Waals surface area contributed by atoms with Crippen LogP contribution in [0.2, 0.25) is 0 Å². The minimum atomic E-state index is -0.423. The van der Waals surface area contributed by atoms with Crippen LogP contribution in [0, 0.1) is 11.3 Å². The first-order chi connectivity index (χ1) is 11.8. The van der Waals surface area contributed by atoms with Crippen LogP contribution in [0.1, 0.15) is 38.3 Å². The second kappa shape index (κ2) is 5.07. The summed E-state index contributed by atoms with van der Waals surface area (Å²) >= 11 is 6.83. The van der Waals surface area contributed by atoms with Crippen LogP contribution in [-0.2, 0) is 10.2 Å². The number of anilines is 1. The van der Waals surface area contributed by atoms with E-state index < -0.39 is 5.41 Å². The maximum Gasteiger partial charge on any atom is 0.256 e. The predicted molar refractivity (Wildman–Crippen MR) is 104 cm³/mol. The monoisotopic (exact) mass is 354 g/mol. The minimum absolute atomic E-state index is 0.0361. The van der Waals surface area contributed by atoms with Gasteiger partial charge in [-0.2, -0.15) is 0 Å². The van der Waals surface area contributed by atoms with Crippen LogP contribution < -0.4 is 5.32 Å². The molecule has 0 bridgehead atoms. The average Bonchev–Trinajstić information content (AvgIpc) is 2.91. The van der Waals surface area contributed by atoms with Gasteiger partial charge in [-0.3, -0.25) is 9.79 Å². The zero-order valence-electron chi connectivity index (χ0n) is 14.9. The summed E-state index contributed by atoms with van der Waals surface area (Å²) in [6.07, 6.45) is 2.67. The number of carbonyl (C=O) groups is 1. The fourth-order valence-electron chi connectivity index (χ4n) is 5.04. The van der Waals surface area contributed by atoms with Crippen molar-refractivity contribution in [1.29, 1.82) is 0 Å². The van der Waals surface area contributed by atoms with Crippen molar-refractivity contribution >= 4 is 35.5 Å². The van der Waals surface area contributed by atoms with Gasteiger partial charge in [0, 0.05) is 22.0 Å². The number of benzene rings is 1. The van der Waals surface area contributed by atoms with Crippen molar-refractivity contribution in [3.63, 3.8) is 0 Å². The van der Waals surface area contributed by atoms with Gasteiger partial charge in [-0.25, -0.2) is 0 Å². The summed E-state index contributed by atoms with van der Waals surface area (Å²) in [6, 6.07) is 5.88. The van der Waals surface area contributed by atoms with E-state index in [1.165, 1.54) is 5.56 Å². The summed E-state index contributed by atoms with van der Waals surface area (Å²) in [7, 11) is 0. The number of rotatable bonds is 2. The van der Waals surface area contributed by atoms with Crippen LogP contribution in [0.5, 0.6) is 0 Å². The lowest BCUT2D eigenvalue weighted by molar-refractivity contribution is -0.110. The first-order valence-electron chi connectivity index (χ1n) is 8.70.